The average Bonchev–Trinajstić information content (AvgIpc) is 3.00. The summed E-state index contributed by atoms with van der Waals surface area (Å²) < 4.78 is 10.6. The van der Waals surface area contributed by atoms with Gasteiger partial charge < -0.3 is 19.5 Å². The van der Waals surface area contributed by atoms with Crippen LogP contribution in [0, 0.1) is 0 Å². The number of phenols is 1. The van der Waals surface area contributed by atoms with E-state index in [2.05, 4.69) is 0 Å². The molecule has 0 bridgehead atoms. The quantitative estimate of drug-likeness (QED) is 0.794. The Kier molecular flexibility index (Phi) is 4.67. The summed E-state index contributed by atoms with van der Waals surface area (Å²) in [4.78, 5) is 14.0. The summed E-state index contributed by atoms with van der Waals surface area (Å²) in [7, 11) is 1.58. The molecule has 1 amide bonds. The SMILES string of the molecule is CN(Cc1ccc2c(c1)OCO2)C(=O)c1c(O)c(Cl)cc(Cl)c1Cl. The van der Waals surface area contributed by atoms with Crippen molar-refractivity contribution in [1.82, 2.24) is 4.90 Å². The summed E-state index contributed by atoms with van der Waals surface area (Å²) in [5.41, 5.74) is 0.705. The van der Waals surface area contributed by atoms with Gasteiger partial charge in [-0.2, -0.15) is 0 Å². The molecule has 0 radical (unpaired) electrons. The van der Waals surface area contributed by atoms with Crippen molar-refractivity contribution in [3.05, 3.63) is 50.5 Å². The highest BCUT2D eigenvalue weighted by Crippen LogP contribution is 2.39. The molecular weight excluding hydrogens is 377 g/mol. The summed E-state index contributed by atoms with van der Waals surface area (Å²) in [6.45, 7) is 0.452. The van der Waals surface area contributed by atoms with E-state index in [1.165, 1.54) is 11.0 Å². The molecule has 1 N–H and O–H groups in total. The van der Waals surface area contributed by atoms with E-state index < -0.39 is 11.7 Å². The lowest BCUT2D eigenvalue weighted by Crippen LogP contribution is -2.26. The Balaban J connectivity index is 1.86. The fraction of sp³-hybridized carbons (Fsp3) is 0.188. The largest absolute Gasteiger partial charge is 0.505 e. The van der Waals surface area contributed by atoms with E-state index in [4.69, 9.17) is 44.3 Å². The van der Waals surface area contributed by atoms with E-state index in [9.17, 15) is 9.90 Å². The Morgan fingerprint density at radius 2 is 1.88 bits per heavy atom. The normalized spacial score (nSPS) is 12.3. The molecular formula is C16H12Cl3NO4. The molecule has 1 aliphatic rings. The molecule has 0 unspecified atom stereocenters. The summed E-state index contributed by atoms with van der Waals surface area (Å²) in [6.07, 6.45) is 0. The molecule has 0 saturated carbocycles. The van der Waals surface area contributed by atoms with Gasteiger partial charge in [0, 0.05) is 13.6 Å². The zero-order valence-electron chi connectivity index (χ0n) is 12.5. The van der Waals surface area contributed by atoms with Crippen molar-refractivity contribution in [2.24, 2.45) is 0 Å². The van der Waals surface area contributed by atoms with Gasteiger partial charge in [-0.15, -0.1) is 0 Å². The second-order valence-electron chi connectivity index (χ2n) is 5.23. The molecule has 1 aliphatic heterocycles. The highest BCUT2D eigenvalue weighted by molar-refractivity contribution is 6.45. The first kappa shape index (κ1) is 17.0. The molecule has 1 heterocycles. The Bertz CT molecular complexity index is 799. The fourth-order valence-corrected chi connectivity index (χ4v) is 3.04. The molecule has 0 saturated heterocycles. The van der Waals surface area contributed by atoms with Crippen molar-refractivity contribution < 1.29 is 19.4 Å². The topological polar surface area (TPSA) is 59.0 Å². The minimum atomic E-state index is -0.500. The van der Waals surface area contributed by atoms with Gasteiger partial charge in [0.15, 0.2) is 11.5 Å². The lowest BCUT2D eigenvalue weighted by Gasteiger charge is -2.19. The molecule has 126 valence electrons. The number of fused-ring (bicyclic) bond motifs is 1. The number of rotatable bonds is 3. The Hall–Kier alpha value is -1.82. The number of hydrogen-bond donors (Lipinski definition) is 1. The van der Waals surface area contributed by atoms with E-state index in [1.807, 2.05) is 6.07 Å². The van der Waals surface area contributed by atoms with Crippen LogP contribution in [0.4, 0.5) is 0 Å². The fourth-order valence-electron chi connectivity index (χ4n) is 2.36. The molecule has 3 rings (SSSR count). The van der Waals surface area contributed by atoms with Crippen LogP contribution in [0.1, 0.15) is 15.9 Å². The molecule has 0 atom stereocenters. The van der Waals surface area contributed by atoms with Crippen molar-refractivity contribution >= 4 is 40.7 Å². The minimum absolute atomic E-state index is 0.0378. The minimum Gasteiger partial charge on any atom is -0.505 e. The Morgan fingerprint density at radius 3 is 2.62 bits per heavy atom. The van der Waals surface area contributed by atoms with Crippen LogP contribution in [0.25, 0.3) is 0 Å². The number of amides is 1. The van der Waals surface area contributed by atoms with E-state index in [0.717, 1.165) is 5.56 Å². The van der Waals surface area contributed by atoms with Gasteiger partial charge in [-0.05, 0) is 23.8 Å². The summed E-state index contributed by atoms with van der Waals surface area (Å²) >= 11 is 17.9. The monoisotopic (exact) mass is 387 g/mol. The van der Waals surface area contributed by atoms with E-state index in [-0.39, 0.29) is 34.0 Å². The Labute approximate surface area is 153 Å². The predicted molar refractivity (Wildman–Crippen MR) is 91.5 cm³/mol. The van der Waals surface area contributed by atoms with Gasteiger partial charge in [0.25, 0.3) is 5.91 Å². The van der Waals surface area contributed by atoms with E-state index >= 15 is 0 Å². The summed E-state index contributed by atoms with van der Waals surface area (Å²) in [5.74, 6) is 0.392. The van der Waals surface area contributed by atoms with Crippen LogP contribution in [0.15, 0.2) is 24.3 Å². The Morgan fingerprint density at radius 1 is 1.17 bits per heavy atom. The zero-order valence-corrected chi connectivity index (χ0v) is 14.7. The number of carbonyl (C=O) groups is 1. The molecule has 0 fully saturated rings. The number of nitrogens with zero attached hydrogens (tertiary/aromatic N) is 1. The van der Waals surface area contributed by atoms with Crippen LogP contribution < -0.4 is 9.47 Å². The molecule has 0 spiro atoms. The summed E-state index contributed by atoms with van der Waals surface area (Å²) in [6, 6.07) is 6.67. The van der Waals surface area contributed by atoms with Crippen LogP contribution in [0.2, 0.25) is 15.1 Å². The maximum absolute atomic E-state index is 12.6. The number of aromatic hydroxyl groups is 1. The second kappa shape index (κ2) is 6.59. The third-order valence-electron chi connectivity index (χ3n) is 3.56. The number of benzene rings is 2. The first-order chi connectivity index (χ1) is 11.4. The van der Waals surface area contributed by atoms with Gasteiger partial charge >= 0.3 is 0 Å². The van der Waals surface area contributed by atoms with Gasteiger partial charge in [-0.3, -0.25) is 4.79 Å². The maximum Gasteiger partial charge on any atom is 0.259 e. The first-order valence-corrected chi connectivity index (χ1v) is 8.02. The summed E-state index contributed by atoms with van der Waals surface area (Å²) in [5, 5.41) is 10.1. The zero-order chi connectivity index (χ0) is 17.4. The van der Waals surface area contributed by atoms with Crippen molar-refractivity contribution in [2.45, 2.75) is 6.54 Å². The third-order valence-corrected chi connectivity index (χ3v) is 4.64. The molecule has 8 heteroatoms. The first-order valence-electron chi connectivity index (χ1n) is 6.89. The molecule has 0 aromatic heterocycles. The number of hydrogen-bond acceptors (Lipinski definition) is 4. The van der Waals surface area contributed by atoms with Crippen LogP contribution in [0.3, 0.4) is 0 Å². The number of ether oxygens (including phenoxy) is 2. The average molecular weight is 389 g/mol. The van der Waals surface area contributed by atoms with Gasteiger partial charge in [-0.25, -0.2) is 0 Å². The molecule has 2 aromatic carbocycles. The van der Waals surface area contributed by atoms with Gasteiger partial charge in [0.05, 0.1) is 15.1 Å². The number of carbonyl (C=O) groups excluding carboxylic acids is 1. The van der Waals surface area contributed by atoms with E-state index in [0.29, 0.717) is 11.5 Å². The van der Waals surface area contributed by atoms with Crippen LogP contribution in [-0.4, -0.2) is 29.8 Å². The molecule has 24 heavy (non-hydrogen) atoms. The van der Waals surface area contributed by atoms with Gasteiger partial charge in [-0.1, -0.05) is 40.9 Å². The van der Waals surface area contributed by atoms with Gasteiger partial charge in [0.1, 0.15) is 11.3 Å². The highest BCUT2D eigenvalue weighted by atomic mass is 35.5. The van der Waals surface area contributed by atoms with Crippen LogP contribution >= 0.6 is 34.8 Å². The van der Waals surface area contributed by atoms with Gasteiger partial charge in [0.2, 0.25) is 6.79 Å². The lowest BCUT2D eigenvalue weighted by molar-refractivity contribution is 0.0782. The third kappa shape index (κ3) is 3.07. The van der Waals surface area contributed by atoms with E-state index in [1.54, 1.807) is 19.2 Å². The number of halogens is 3. The van der Waals surface area contributed by atoms with Crippen molar-refractivity contribution in [2.75, 3.05) is 13.8 Å². The van der Waals surface area contributed by atoms with Crippen molar-refractivity contribution in [3.8, 4) is 17.2 Å². The van der Waals surface area contributed by atoms with Crippen molar-refractivity contribution in [3.63, 3.8) is 0 Å². The predicted octanol–water partition coefficient (Wildman–Crippen LogP) is 4.35. The second-order valence-corrected chi connectivity index (χ2v) is 6.42. The van der Waals surface area contributed by atoms with Crippen LogP contribution in [-0.2, 0) is 6.54 Å². The highest BCUT2D eigenvalue weighted by Gasteiger charge is 2.24. The lowest BCUT2D eigenvalue weighted by atomic mass is 10.1. The molecule has 2 aromatic rings. The smallest absolute Gasteiger partial charge is 0.259 e. The maximum atomic E-state index is 12.6. The standard InChI is InChI=1S/C16H12Cl3NO4/c1-20(6-8-2-3-11-12(4-8)24-7-23-11)16(22)13-14(19)9(17)5-10(18)15(13)21/h2-5,21H,6-7H2,1H3. The molecule has 5 nitrogen and oxygen atoms in total. The van der Waals surface area contributed by atoms with Crippen molar-refractivity contribution in [1.29, 1.82) is 0 Å². The number of phenolic OH excluding ortho intramolecular Hbond substituents is 1. The molecule has 0 aliphatic carbocycles. The van der Waals surface area contributed by atoms with Crippen LogP contribution in [0.5, 0.6) is 17.2 Å².